The molecule has 0 aliphatic carbocycles. The summed E-state index contributed by atoms with van der Waals surface area (Å²) in [6.45, 7) is 6.78. The average Bonchev–Trinajstić information content (AvgIpc) is 3.11. The summed E-state index contributed by atoms with van der Waals surface area (Å²) in [5, 5.41) is 11.7. The van der Waals surface area contributed by atoms with Gasteiger partial charge in [0.15, 0.2) is 5.82 Å². The molecule has 1 N–H and O–H groups in total. The number of piperidine rings is 1. The van der Waals surface area contributed by atoms with Crippen LogP contribution < -0.4 is 10.2 Å². The van der Waals surface area contributed by atoms with Crippen molar-refractivity contribution in [3.8, 4) is 0 Å². The third kappa shape index (κ3) is 3.24. The standard InChI is InChI=1S/C17H22N8/c1-12-8-19-13(2)15(22-12)20-9-14-4-3-6-24(10-14)16-17-23-21-11-25(17)7-5-18-16/h5,7-8,11,14H,3-4,6,9-10H2,1-2H3,(H,20,22). The van der Waals surface area contributed by atoms with Gasteiger partial charge in [-0.3, -0.25) is 9.38 Å². The second kappa shape index (κ2) is 6.62. The third-order valence-corrected chi connectivity index (χ3v) is 4.65. The lowest BCUT2D eigenvalue weighted by Crippen LogP contribution is -2.39. The SMILES string of the molecule is Cc1cnc(C)c(NCC2CCCN(c3nccn4cnnc34)C2)n1. The van der Waals surface area contributed by atoms with E-state index in [1.54, 1.807) is 18.7 Å². The second-order valence-corrected chi connectivity index (χ2v) is 6.59. The molecule has 1 aliphatic rings. The maximum Gasteiger partial charge on any atom is 0.203 e. The number of fused-ring (bicyclic) bond motifs is 1. The average molecular weight is 338 g/mol. The van der Waals surface area contributed by atoms with Crippen molar-refractivity contribution in [1.29, 1.82) is 0 Å². The Morgan fingerprint density at radius 1 is 1.28 bits per heavy atom. The van der Waals surface area contributed by atoms with Crippen molar-refractivity contribution < 1.29 is 0 Å². The maximum atomic E-state index is 4.55. The summed E-state index contributed by atoms with van der Waals surface area (Å²) < 4.78 is 1.91. The van der Waals surface area contributed by atoms with Gasteiger partial charge in [0.25, 0.3) is 0 Å². The summed E-state index contributed by atoms with van der Waals surface area (Å²) >= 11 is 0. The molecule has 1 aliphatic heterocycles. The zero-order chi connectivity index (χ0) is 17.2. The van der Waals surface area contributed by atoms with Crippen molar-refractivity contribution in [3.63, 3.8) is 0 Å². The van der Waals surface area contributed by atoms with E-state index in [0.717, 1.165) is 54.7 Å². The molecule has 0 radical (unpaired) electrons. The van der Waals surface area contributed by atoms with Gasteiger partial charge in [-0.1, -0.05) is 0 Å². The zero-order valence-electron chi connectivity index (χ0n) is 14.6. The first-order chi connectivity index (χ1) is 12.2. The summed E-state index contributed by atoms with van der Waals surface area (Å²) in [4.78, 5) is 15.8. The van der Waals surface area contributed by atoms with Crippen molar-refractivity contribution in [3.05, 3.63) is 36.3 Å². The molecule has 0 aromatic carbocycles. The first-order valence-electron chi connectivity index (χ1n) is 8.64. The van der Waals surface area contributed by atoms with Crippen LogP contribution in [0.5, 0.6) is 0 Å². The third-order valence-electron chi connectivity index (χ3n) is 4.65. The van der Waals surface area contributed by atoms with Gasteiger partial charge in [-0.2, -0.15) is 0 Å². The summed E-state index contributed by atoms with van der Waals surface area (Å²) in [6.07, 6.45) is 9.52. The highest BCUT2D eigenvalue weighted by Crippen LogP contribution is 2.24. The molecule has 8 nitrogen and oxygen atoms in total. The van der Waals surface area contributed by atoms with Gasteiger partial charge in [-0.05, 0) is 32.6 Å². The molecule has 4 rings (SSSR count). The smallest absolute Gasteiger partial charge is 0.203 e. The van der Waals surface area contributed by atoms with E-state index in [0.29, 0.717) is 5.92 Å². The fourth-order valence-electron chi connectivity index (χ4n) is 3.34. The summed E-state index contributed by atoms with van der Waals surface area (Å²) in [5.41, 5.74) is 2.69. The molecule has 1 unspecified atom stereocenters. The molecule has 4 heterocycles. The Morgan fingerprint density at radius 3 is 3.12 bits per heavy atom. The quantitative estimate of drug-likeness (QED) is 0.777. The summed E-state index contributed by atoms with van der Waals surface area (Å²) in [5.74, 6) is 2.33. The van der Waals surface area contributed by atoms with Crippen molar-refractivity contribution in [1.82, 2.24) is 29.5 Å². The van der Waals surface area contributed by atoms with Gasteiger partial charge in [-0.25, -0.2) is 9.97 Å². The molecule has 25 heavy (non-hydrogen) atoms. The highest BCUT2D eigenvalue weighted by Gasteiger charge is 2.23. The van der Waals surface area contributed by atoms with Crippen LogP contribution >= 0.6 is 0 Å². The van der Waals surface area contributed by atoms with Gasteiger partial charge < -0.3 is 10.2 Å². The van der Waals surface area contributed by atoms with Crippen LogP contribution in [0, 0.1) is 19.8 Å². The van der Waals surface area contributed by atoms with Crippen LogP contribution in [0.4, 0.5) is 11.6 Å². The molecular formula is C17H22N8. The predicted octanol–water partition coefficient (Wildman–Crippen LogP) is 1.86. The fourth-order valence-corrected chi connectivity index (χ4v) is 3.34. The monoisotopic (exact) mass is 338 g/mol. The Bertz CT molecular complexity index is 874. The van der Waals surface area contributed by atoms with Gasteiger partial charge in [0.05, 0.1) is 11.4 Å². The molecule has 1 atom stereocenters. The Hall–Kier alpha value is -2.77. The maximum absolute atomic E-state index is 4.55. The molecule has 3 aromatic rings. The molecular weight excluding hydrogens is 316 g/mol. The van der Waals surface area contributed by atoms with Gasteiger partial charge in [0.1, 0.15) is 12.1 Å². The lowest BCUT2D eigenvalue weighted by molar-refractivity contribution is 0.430. The Kier molecular flexibility index (Phi) is 4.17. The van der Waals surface area contributed by atoms with Crippen molar-refractivity contribution in [2.75, 3.05) is 29.9 Å². The number of hydrogen-bond acceptors (Lipinski definition) is 7. The van der Waals surface area contributed by atoms with Crippen LogP contribution in [0.1, 0.15) is 24.2 Å². The molecule has 3 aromatic heterocycles. The molecule has 1 fully saturated rings. The number of anilines is 2. The normalized spacial score (nSPS) is 17.8. The van der Waals surface area contributed by atoms with Gasteiger partial charge in [0.2, 0.25) is 5.65 Å². The first-order valence-corrected chi connectivity index (χ1v) is 8.64. The lowest BCUT2D eigenvalue weighted by Gasteiger charge is -2.33. The topological polar surface area (TPSA) is 84.1 Å². The van der Waals surface area contributed by atoms with E-state index in [1.165, 1.54) is 6.42 Å². The Balaban J connectivity index is 1.46. The van der Waals surface area contributed by atoms with E-state index in [4.69, 9.17) is 0 Å². The molecule has 0 bridgehead atoms. The molecule has 8 heteroatoms. The van der Waals surface area contributed by atoms with Gasteiger partial charge in [0, 0.05) is 38.2 Å². The molecule has 0 spiro atoms. The Morgan fingerprint density at radius 2 is 2.20 bits per heavy atom. The van der Waals surface area contributed by atoms with E-state index in [1.807, 2.05) is 24.4 Å². The second-order valence-electron chi connectivity index (χ2n) is 6.59. The van der Waals surface area contributed by atoms with Crippen LogP contribution in [0.3, 0.4) is 0 Å². The summed E-state index contributed by atoms with van der Waals surface area (Å²) in [7, 11) is 0. The van der Waals surface area contributed by atoms with E-state index < -0.39 is 0 Å². The van der Waals surface area contributed by atoms with Gasteiger partial charge in [-0.15, -0.1) is 10.2 Å². The number of aryl methyl sites for hydroxylation is 2. The van der Waals surface area contributed by atoms with Crippen LogP contribution in [0.2, 0.25) is 0 Å². The number of aromatic nitrogens is 6. The molecule has 1 saturated heterocycles. The van der Waals surface area contributed by atoms with E-state index in [2.05, 4.69) is 35.4 Å². The van der Waals surface area contributed by atoms with E-state index in [9.17, 15) is 0 Å². The van der Waals surface area contributed by atoms with E-state index >= 15 is 0 Å². The number of nitrogens with one attached hydrogen (secondary N) is 1. The van der Waals surface area contributed by atoms with Crippen LogP contribution in [0.25, 0.3) is 5.65 Å². The molecule has 0 amide bonds. The largest absolute Gasteiger partial charge is 0.368 e. The van der Waals surface area contributed by atoms with Gasteiger partial charge >= 0.3 is 0 Å². The molecule has 130 valence electrons. The first kappa shape index (κ1) is 15.7. The predicted molar refractivity (Wildman–Crippen MR) is 95.7 cm³/mol. The zero-order valence-corrected chi connectivity index (χ0v) is 14.6. The van der Waals surface area contributed by atoms with Crippen molar-refractivity contribution >= 4 is 17.3 Å². The lowest BCUT2D eigenvalue weighted by atomic mass is 9.98. The Labute approximate surface area is 146 Å². The summed E-state index contributed by atoms with van der Waals surface area (Å²) in [6, 6.07) is 0. The van der Waals surface area contributed by atoms with Crippen LogP contribution in [-0.2, 0) is 0 Å². The van der Waals surface area contributed by atoms with Crippen molar-refractivity contribution in [2.24, 2.45) is 5.92 Å². The highest BCUT2D eigenvalue weighted by atomic mass is 15.3. The van der Waals surface area contributed by atoms with Crippen LogP contribution in [-0.4, -0.2) is 49.2 Å². The fraction of sp³-hybridized carbons (Fsp3) is 0.471. The minimum atomic E-state index is 0.528. The minimum absolute atomic E-state index is 0.528. The number of nitrogens with zero attached hydrogens (tertiary/aromatic N) is 7. The van der Waals surface area contributed by atoms with Crippen LogP contribution in [0.15, 0.2) is 24.9 Å². The number of rotatable bonds is 4. The molecule has 0 saturated carbocycles. The van der Waals surface area contributed by atoms with E-state index in [-0.39, 0.29) is 0 Å². The number of hydrogen-bond donors (Lipinski definition) is 1. The minimum Gasteiger partial charge on any atom is -0.368 e. The highest BCUT2D eigenvalue weighted by molar-refractivity contribution is 5.63. The van der Waals surface area contributed by atoms with Crippen molar-refractivity contribution in [2.45, 2.75) is 26.7 Å².